The van der Waals surface area contributed by atoms with E-state index in [1.807, 2.05) is 32.0 Å². The molecule has 0 amide bonds. The van der Waals surface area contributed by atoms with Crippen LogP contribution >= 0.6 is 20.2 Å². The number of nitrogens with zero attached hydrogens (tertiary/aromatic N) is 3. The third-order valence-electron chi connectivity index (χ3n) is 4.93. The van der Waals surface area contributed by atoms with E-state index in [1.165, 1.54) is 22.3 Å². The van der Waals surface area contributed by atoms with Crippen molar-refractivity contribution in [2.24, 2.45) is 9.98 Å². The molecular formula is C25H27Cl2FeN3. The molecular weight excluding hydrogens is 469 g/mol. The predicted molar refractivity (Wildman–Crippen MR) is 132 cm³/mol. The molecule has 0 radical (unpaired) electrons. The first-order valence-electron chi connectivity index (χ1n) is 9.84. The summed E-state index contributed by atoms with van der Waals surface area (Å²) in [5, 5.41) is 0. The Kier molecular flexibility index (Phi) is 9.92. The van der Waals surface area contributed by atoms with Crippen LogP contribution in [0, 0.1) is 27.7 Å². The van der Waals surface area contributed by atoms with Gasteiger partial charge in [-0.05, 0) is 75.9 Å². The van der Waals surface area contributed by atoms with Crippen molar-refractivity contribution in [2.45, 2.75) is 41.5 Å². The number of aliphatic imine (C=N–C) groups is 2. The van der Waals surface area contributed by atoms with Crippen LogP contribution in [0.2, 0.25) is 0 Å². The maximum absolute atomic E-state index is 4.86. The first kappa shape index (κ1) is 25.3. The van der Waals surface area contributed by atoms with E-state index in [9.17, 15) is 0 Å². The fraction of sp³-hybridized carbons (Fsp3) is 0.240. The fourth-order valence-corrected chi connectivity index (χ4v) is 3.25. The Morgan fingerprint density at radius 2 is 0.935 bits per heavy atom. The van der Waals surface area contributed by atoms with Crippen molar-refractivity contribution in [1.29, 1.82) is 0 Å². The Balaban J connectivity index is 0.00000107. The van der Waals surface area contributed by atoms with Gasteiger partial charge in [-0.2, -0.15) is 0 Å². The van der Waals surface area contributed by atoms with E-state index in [4.69, 9.17) is 35.2 Å². The first-order valence-corrected chi connectivity index (χ1v) is 12.9. The molecule has 6 heteroatoms. The van der Waals surface area contributed by atoms with Crippen LogP contribution in [-0.4, -0.2) is 16.4 Å². The van der Waals surface area contributed by atoms with E-state index in [2.05, 4.69) is 64.1 Å². The second kappa shape index (κ2) is 12.2. The molecule has 3 nitrogen and oxygen atoms in total. The van der Waals surface area contributed by atoms with Gasteiger partial charge in [0.15, 0.2) is 0 Å². The zero-order chi connectivity index (χ0) is 23.0. The number of aryl methyl sites for hydroxylation is 4. The van der Waals surface area contributed by atoms with Gasteiger partial charge in [0.25, 0.3) is 0 Å². The molecule has 0 aliphatic carbocycles. The molecule has 0 saturated heterocycles. The van der Waals surface area contributed by atoms with Crippen molar-refractivity contribution in [3.8, 4) is 0 Å². The Morgan fingerprint density at radius 3 is 1.26 bits per heavy atom. The van der Waals surface area contributed by atoms with Gasteiger partial charge in [-0.15, -0.1) is 0 Å². The van der Waals surface area contributed by atoms with Gasteiger partial charge < -0.3 is 0 Å². The average Bonchev–Trinajstić information content (AvgIpc) is 2.74. The summed E-state index contributed by atoms with van der Waals surface area (Å²) in [6.07, 6.45) is 0. The SMILES string of the molecule is CC(=Nc1c(C)cccc1C)c1cccc(C(C)=Nc2c(C)cccc2C)n1.[Cl][Fe][Cl]. The third-order valence-corrected chi connectivity index (χ3v) is 4.93. The molecule has 2 aromatic carbocycles. The molecule has 0 saturated carbocycles. The molecule has 0 aliphatic heterocycles. The van der Waals surface area contributed by atoms with Crippen molar-refractivity contribution in [1.82, 2.24) is 4.98 Å². The summed E-state index contributed by atoms with van der Waals surface area (Å²) in [6.45, 7) is 12.4. The molecule has 0 bridgehead atoms. The number of para-hydroxylation sites is 2. The monoisotopic (exact) mass is 495 g/mol. The zero-order valence-electron chi connectivity index (χ0n) is 18.6. The fourth-order valence-electron chi connectivity index (χ4n) is 3.25. The molecule has 0 spiro atoms. The Morgan fingerprint density at radius 1 is 0.645 bits per heavy atom. The van der Waals surface area contributed by atoms with Crippen LogP contribution in [0.15, 0.2) is 64.6 Å². The van der Waals surface area contributed by atoms with Gasteiger partial charge in [0, 0.05) is 0 Å². The number of halogens is 2. The van der Waals surface area contributed by atoms with Gasteiger partial charge in [-0.3, -0.25) is 9.98 Å². The quantitative estimate of drug-likeness (QED) is 0.267. The minimum atomic E-state index is 0.194. The van der Waals surface area contributed by atoms with Crippen LogP contribution in [0.5, 0.6) is 0 Å². The van der Waals surface area contributed by atoms with E-state index < -0.39 is 0 Å². The minimum absolute atomic E-state index is 0.194. The van der Waals surface area contributed by atoms with Crippen molar-refractivity contribution in [3.05, 3.63) is 88.2 Å². The summed E-state index contributed by atoms with van der Waals surface area (Å²) >= 11 is 0.194. The van der Waals surface area contributed by atoms with Crippen LogP contribution < -0.4 is 0 Å². The predicted octanol–water partition coefficient (Wildman–Crippen LogP) is 7.97. The standard InChI is InChI=1S/C25H27N3.2ClH.Fe/c1-16-10-7-11-17(2)24(16)26-20(5)22-14-9-15-23(28-22)21(6)27-25-18(3)12-8-13-19(25)4;;;/h7-15H,1-6H3;2*1H;/q;;;+2/p-2. The van der Waals surface area contributed by atoms with Crippen molar-refractivity contribution in [2.75, 3.05) is 0 Å². The van der Waals surface area contributed by atoms with Gasteiger partial charge in [-0.25, -0.2) is 4.98 Å². The summed E-state index contributed by atoms with van der Waals surface area (Å²) in [7, 11) is 9.53. The number of benzene rings is 2. The summed E-state index contributed by atoms with van der Waals surface area (Å²) in [5.41, 5.74) is 10.3. The topological polar surface area (TPSA) is 37.6 Å². The molecule has 0 N–H and O–H groups in total. The zero-order valence-corrected chi connectivity index (χ0v) is 21.3. The van der Waals surface area contributed by atoms with Crippen LogP contribution in [-0.2, 0) is 13.1 Å². The van der Waals surface area contributed by atoms with Gasteiger partial charge in [0.05, 0.1) is 34.2 Å². The van der Waals surface area contributed by atoms with Gasteiger partial charge >= 0.3 is 33.3 Å². The molecule has 0 atom stereocenters. The van der Waals surface area contributed by atoms with E-state index in [0.29, 0.717) is 0 Å². The summed E-state index contributed by atoms with van der Waals surface area (Å²) < 4.78 is 0. The molecule has 164 valence electrons. The third kappa shape index (κ3) is 7.02. The number of hydrogen-bond acceptors (Lipinski definition) is 3. The molecule has 1 aromatic heterocycles. The average molecular weight is 496 g/mol. The van der Waals surface area contributed by atoms with Gasteiger partial charge in [0.1, 0.15) is 0 Å². The first-order chi connectivity index (χ1) is 14.8. The molecule has 0 unspecified atom stereocenters. The second-order valence-corrected chi connectivity index (χ2v) is 9.16. The van der Waals surface area contributed by atoms with E-state index >= 15 is 0 Å². The molecule has 31 heavy (non-hydrogen) atoms. The number of hydrogen-bond donors (Lipinski definition) is 0. The number of rotatable bonds is 4. The van der Waals surface area contributed by atoms with Crippen LogP contribution in [0.1, 0.15) is 47.5 Å². The molecule has 3 rings (SSSR count). The normalized spacial score (nSPS) is 11.9. The van der Waals surface area contributed by atoms with E-state index in [-0.39, 0.29) is 13.1 Å². The van der Waals surface area contributed by atoms with Crippen molar-refractivity contribution in [3.63, 3.8) is 0 Å². The Hall–Kier alpha value is -1.97. The van der Waals surface area contributed by atoms with Gasteiger partial charge in [-0.1, -0.05) is 42.5 Å². The molecule has 1 heterocycles. The van der Waals surface area contributed by atoms with Crippen LogP contribution in [0.3, 0.4) is 0 Å². The Bertz CT molecular complexity index is 984. The molecule has 0 aliphatic rings. The number of aromatic nitrogens is 1. The summed E-state index contributed by atoms with van der Waals surface area (Å²) in [4.78, 5) is 14.5. The van der Waals surface area contributed by atoms with Crippen LogP contribution in [0.4, 0.5) is 11.4 Å². The number of pyridine rings is 1. The van der Waals surface area contributed by atoms with E-state index in [1.54, 1.807) is 0 Å². The molecule has 3 aromatic rings. The Labute approximate surface area is 200 Å². The van der Waals surface area contributed by atoms with Crippen molar-refractivity contribution < 1.29 is 13.1 Å². The van der Waals surface area contributed by atoms with Gasteiger partial charge in [0.2, 0.25) is 0 Å². The summed E-state index contributed by atoms with van der Waals surface area (Å²) in [5.74, 6) is 0. The maximum atomic E-state index is 4.86. The summed E-state index contributed by atoms with van der Waals surface area (Å²) in [6, 6.07) is 18.5. The van der Waals surface area contributed by atoms with Crippen LogP contribution in [0.25, 0.3) is 0 Å². The second-order valence-electron chi connectivity index (χ2n) is 7.33. The van der Waals surface area contributed by atoms with Crippen molar-refractivity contribution >= 4 is 43.0 Å². The molecule has 0 fully saturated rings. The van der Waals surface area contributed by atoms with E-state index in [0.717, 1.165) is 34.2 Å².